The van der Waals surface area contributed by atoms with Crippen molar-refractivity contribution in [3.63, 3.8) is 0 Å². The van der Waals surface area contributed by atoms with Crippen LogP contribution in [0.3, 0.4) is 0 Å². The third kappa shape index (κ3) is 2.64. The van der Waals surface area contributed by atoms with Gasteiger partial charge in [0.1, 0.15) is 11.9 Å². The molecule has 2 aromatic rings. The summed E-state index contributed by atoms with van der Waals surface area (Å²) >= 11 is 0. The van der Waals surface area contributed by atoms with Crippen molar-refractivity contribution >= 4 is 0 Å². The first-order valence-corrected chi connectivity index (χ1v) is 5.72. The molecule has 0 spiro atoms. The van der Waals surface area contributed by atoms with Gasteiger partial charge in [-0.15, -0.1) is 0 Å². The molecule has 1 unspecified atom stereocenters. The van der Waals surface area contributed by atoms with Crippen LogP contribution in [0.25, 0.3) is 11.5 Å². The standard InChI is InChI=1S/C12H10F4N2O2/c1-2-8(19)10-17-11(20-18-10)6-4-3-5-7(9(6)13)12(14,15)16/h3-5,8,19H,2H2,1H3. The zero-order valence-corrected chi connectivity index (χ0v) is 10.3. The fourth-order valence-corrected chi connectivity index (χ4v) is 1.58. The normalized spacial score (nSPS) is 13.5. The third-order valence-corrected chi connectivity index (χ3v) is 2.66. The van der Waals surface area contributed by atoms with Crippen LogP contribution in [0.2, 0.25) is 0 Å². The Morgan fingerprint density at radius 2 is 2.05 bits per heavy atom. The summed E-state index contributed by atoms with van der Waals surface area (Å²) in [7, 11) is 0. The number of rotatable bonds is 3. The SMILES string of the molecule is CCC(O)c1noc(-c2cccc(C(F)(F)F)c2F)n1. The largest absolute Gasteiger partial charge is 0.419 e. The van der Waals surface area contributed by atoms with Gasteiger partial charge in [-0.3, -0.25) is 0 Å². The van der Waals surface area contributed by atoms with Gasteiger partial charge in [0.05, 0.1) is 11.1 Å². The highest BCUT2D eigenvalue weighted by atomic mass is 19.4. The number of aliphatic hydroxyl groups is 1. The quantitative estimate of drug-likeness (QED) is 0.881. The minimum atomic E-state index is -4.81. The van der Waals surface area contributed by atoms with E-state index in [2.05, 4.69) is 10.1 Å². The molecule has 0 fully saturated rings. The Labute approximate surface area is 111 Å². The minimum Gasteiger partial charge on any atom is -0.385 e. The number of hydrogen-bond acceptors (Lipinski definition) is 4. The molecule has 0 aliphatic rings. The van der Waals surface area contributed by atoms with Crippen LogP contribution >= 0.6 is 0 Å². The van der Waals surface area contributed by atoms with Gasteiger partial charge in [-0.1, -0.05) is 18.1 Å². The highest BCUT2D eigenvalue weighted by Crippen LogP contribution is 2.35. The first-order valence-electron chi connectivity index (χ1n) is 5.72. The highest BCUT2D eigenvalue weighted by molar-refractivity contribution is 5.55. The van der Waals surface area contributed by atoms with E-state index in [1.165, 1.54) is 0 Å². The topological polar surface area (TPSA) is 59.2 Å². The van der Waals surface area contributed by atoms with Crippen molar-refractivity contribution < 1.29 is 27.2 Å². The van der Waals surface area contributed by atoms with Crippen LogP contribution in [0, 0.1) is 5.82 Å². The summed E-state index contributed by atoms with van der Waals surface area (Å²) in [4.78, 5) is 3.70. The van der Waals surface area contributed by atoms with Crippen LogP contribution in [0.5, 0.6) is 0 Å². The van der Waals surface area contributed by atoms with Gasteiger partial charge in [0.15, 0.2) is 0 Å². The number of benzene rings is 1. The van der Waals surface area contributed by atoms with E-state index in [0.717, 1.165) is 12.1 Å². The fourth-order valence-electron chi connectivity index (χ4n) is 1.58. The van der Waals surface area contributed by atoms with E-state index < -0.39 is 35.1 Å². The lowest BCUT2D eigenvalue weighted by Gasteiger charge is -2.08. The van der Waals surface area contributed by atoms with Crippen LogP contribution in [-0.2, 0) is 6.18 Å². The minimum absolute atomic E-state index is 0.0979. The first-order chi connectivity index (χ1) is 9.34. The average molecular weight is 290 g/mol. The second-order valence-electron chi connectivity index (χ2n) is 4.05. The average Bonchev–Trinajstić information content (AvgIpc) is 2.86. The Kier molecular flexibility index (Phi) is 3.76. The number of aliphatic hydroxyl groups excluding tert-OH is 1. The number of aromatic nitrogens is 2. The zero-order valence-electron chi connectivity index (χ0n) is 10.3. The summed E-state index contributed by atoms with van der Waals surface area (Å²) in [6, 6.07) is 2.76. The van der Waals surface area contributed by atoms with Crippen molar-refractivity contribution in [3.05, 3.63) is 35.4 Å². The van der Waals surface area contributed by atoms with Gasteiger partial charge < -0.3 is 9.63 Å². The van der Waals surface area contributed by atoms with E-state index in [0.29, 0.717) is 12.5 Å². The van der Waals surface area contributed by atoms with Gasteiger partial charge in [0, 0.05) is 0 Å². The number of nitrogens with zero attached hydrogens (tertiary/aromatic N) is 2. The molecule has 0 saturated carbocycles. The van der Waals surface area contributed by atoms with Crippen LogP contribution in [0.1, 0.15) is 30.8 Å². The second kappa shape index (κ2) is 5.20. The molecule has 20 heavy (non-hydrogen) atoms. The van der Waals surface area contributed by atoms with Gasteiger partial charge in [-0.25, -0.2) is 4.39 Å². The molecule has 0 aliphatic heterocycles. The summed E-state index contributed by atoms with van der Waals surface area (Å²) in [6.45, 7) is 1.66. The maximum atomic E-state index is 13.8. The Balaban J connectivity index is 2.46. The Morgan fingerprint density at radius 1 is 1.35 bits per heavy atom. The van der Waals surface area contributed by atoms with Crippen LogP contribution in [0.4, 0.5) is 17.6 Å². The van der Waals surface area contributed by atoms with E-state index in [1.54, 1.807) is 6.92 Å². The van der Waals surface area contributed by atoms with Crippen molar-refractivity contribution in [2.75, 3.05) is 0 Å². The highest BCUT2D eigenvalue weighted by Gasteiger charge is 2.35. The maximum absolute atomic E-state index is 13.8. The lowest BCUT2D eigenvalue weighted by molar-refractivity contribution is -0.139. The smallest absolute Gasteiger partial charge is 0.385 e. The molecule has 0 aliphatic carbocycles. The van der Waals surface area contributed by atoms with Crippen LogP contribution in [0.15, 0.2) is 22.7 Å². The maximum Gasteiger partial charge on any atom is 0.419 e. The summed E-state index contributed by atoms with van der Waals surface area (Å²) in [6.07, 6.45) is -5.53. The van der Waals surface area contributed by atoms with Gasteiger partial charge in [-0.2, -0.15) is 18.2 Å². The molecule has 1 aromatic carbocycles. The molecule has 0 radical (unpaired) electrons. The van der Waals surface area contributed by atoms with Crippen molar-refractivity contribution in [2.24, 2.45) is 0 Å². The van der Waals surface area contributed by atoms with Crippen molar-refractivity contribution in [1.82, 2.24) is 10.1 Å². The number of halogens is 4. The summed E-state index contributed by atoms with van der Waals surface area (Å²) in [5.74, 6) is -1.99. The van der Waals surface area contributed by atoms with Crippen LogP contribution < -0.4 is 0 Å². The molecule has 0 saturated heterocycles. The lowest BCUT2D eigenvalue weighted by atomic mass is 10.1. The molecule has 2 rings (SSSR count). The third-order valence-electron chi connectivity index (χ3n) is 2.66. The molecule has 1 N–H and O–H groups in total. The molecule has 8 heteroatoms. The van der Waals surface area contributed by atoms with Crippen molar-refractivity contribution in [1.29, 1.82) is 0 Å². The number of hydrogen-bond donors (Lipinski definition) is 1. The molecular weight excluding hydrogens is 280 g/mol. The molecule has 1 atom stereocenters. The van der Waals surface area contributed by atoms with E-state index in [-0.39, 0.29) is 5.82 Å². The monoisotopic (exact) mass is 290 g/mol. The molecule has 1 aromatic heterocycles. The molecular formula is C12H10F4N2O2. The van der Waals surface area contributed by atoms with E-state index >= 15 is 0 Å². The van der Waals surface area contributed by atoms with E-state index in [1.807, 2.05) is 0 Å². The zero-order chi connectivity index (χ0) is 14.9. The van der Waals surface area contributed by atoms with Gasteiger partial charge in [0.25, 0.3) is 5.89 Å². The Bertz CT molecular complexity index is 610. The van der Waals surface area contributed by atoms with Crippen molar-refractivity contribution in [2.45, 2.75) is 25.6 Å². The van der Waals surface area contributed by atoms with Crippen LogP contribution in [-0.4, -0.2) is 15.2 Å². The van der Waals surface area contributed by atoms with Gasteiger partial charge >= 0.3 is 6.18 Å². The second-order valence-corrected chi connectivity index (χ2v) is 4.05. The lowest BCUT2D eigenvalue weighted by Crippen LogP contribution is -2.08. The van der Waals surface area contributed by atoms with Crippen molar-refractivity contribution in [3.8, 4) is 11.5 Å². The van der Waals surface area contributed by atoms with Gasteiger partial charge in [-0.05, 0) is 18.6 Å². The number of alkyl halides is 3. The molecule has 0 amide bonds. The summed E-state index contributed by atoms with van der Waals surface area (Å²) in [5.41, 5.74) is -1.87. The van der Waals surface area contributed by atoms with E-state index in [4.69, 9.17) is 4.52 Å². The first kappa shape index (κ1) is 14.4. The molecule has 108 valence electrons. The van der Waals surface area contributed by atoms with Gasteiger partial charge in [0.2, 0.25) is 5.82 Å². The van der Waals surface area contributed by atoms with E-state index in [9.17, 15) is 22.7 Å². The molecule has 4 nitrogen and oxygen atoms in total. The Morgan fingerprint density at radius 3 is 2.65 bits per heavy atom. The predicted molar refractivity (Wildman–Crippen MR) is 59.9 cm³/mol. The molecule has 1 heterocycles. The predicted octanol–water partition coefficient (Wildman–Crippen LogP) is 3.34. The summed E-state index contributed by atoms with van der Waals surface area (Å²) < 4.78 is 56.3. The fraction of sp³-hybridized carbons (Fsp3) is 0.333. The molecule has 0 bridgehead atoms. The Hall–Kier alpha value is -1.96. The summed E-state index contributed by atoms with van der Waals surface area (Å²) in [5, 5.41) is 12.9.